The van der Waals surface area contributed by atoms with Crippen molar-refractivity contribution in [3.8, 4) is 0 Å². The van der Waals surface area contributed by atoms with Crippen LogP contribution in [0.2, 0.25) is 5.02 Å². The molecule has 138 valence electrons. The van der Waals surface area contributed by atoms with Gasteiger partial charge in [-0.2, -0.15) is 0 Å². The van der Waals surface area contributed by atoms with Crippen molar-refractivity contribution in [3.05, 3.63) is 64.7 Å². The third-order valence-corrected chi connectivity index (χ3v) is 4.34. The van der Waals surface area contributed by atoms with Gasteiger partial charge in [-0.25, -0.2) is 4.79 Å². The topological polar surface area (TPSA) is 50.4 Å². The molecule has 26 heavy (non-hydrogen) atoms. The van der Waals surface area contributed by atoms with Crippen LogP contribution in [0.25, 0.3) is 0 Å². The average molecular weight is 391 g/mol. The summed E-state index contributed by atoms with van der Waals surface area (Å²) in [5, 5.41) is 7.20. The summed E-state index contributed by atoms with van der Waals surface area (Å²) in [6.45, 7) is 4.16. The maximum atomic E-state index is 11.8. The van der Waals surface area contributed by atoms with Gasteiger partial charge in [0.25, 0.3) is 0 Å². The molecule has 2 aromatic rings. The number of hydrogen-bond donors (Lipinski definition) is 2. The van der Waals surface area contributed by atoms with Crippen LogP contribution in [-0.4, -0.2) is 23.7 Å². The molecule has 0 aliphatic carbocycles. The Morgan fingerprint density at radius 3 is 2.62 bits per heavy atom. The molecule has 2 N–H and O–H groups in total. The van der Waals surface area contributed by atoms with Crippen molar-refractivity contribution in [3.63, 3.8) is 0 Å². The Morgan fingerprint density at radius 2 is 1.96 bits per heavy atom. The van der Waals surface area contributed by atoms with Crippen LogP contribution in [0.4, 0.5) is 5.69 Å². The van der Waals surface area contributed by atoms with Crippen LogP contribution in [0, 0.1) is 0 Å². The Hall–Kier alpha value is -2.11. The molecule has 0 bridgehead atoms. The average Bonchev–Trinajstić information content (AvgIpc) is 2.61. The molecular weight excluding hydrogens is 368 g/mol. The molecule has 0 fully saturated rings. The lowest BCUT2D eigenvalue weighted by molar-refractivity contribution is 0.0526. The van der Waals surface area contributed by atoms with Crippen molar-refractivity contribution in [2.45, 2.75) is 32.7 Å². The molecule has 2 aromatic carbocycles. The quantitative estimate of drug-likeness (QED) is 0.524. The lowest BCUT2D eigenvalue weighted by atomic mass is 10.1. The summed E-state index contributed by atoms with van der Waals surface area (Å²) in [5.74, 6) is -0.431. The maximum absolute atomic E-state index is 11.8. The Balaban J connectivity index is 1.85. The molecule has 0 aliphatic rings. The Kier molecular flexibility index (Phi) is 7.88. The zero-order valence-corrected chi connectivity index (χ0v) is 16.5. The minimum atomic E-state index is -0.431. The van der Waals surface area contributed by atoms with Crippen molar-refractivity contribution in [1.29, 1.82) is 0 Å². The standard InChI is InChI=1S/C20H23ClN2O2S/c1-3-25-19(24)17-12-11-16(13-18(17)21)23-20(26)22-14(2)9-10-15-7-5-4-6-8-15/h4-8,11-14H,3,9-10H2,1-2H3,(H2,22,23,26)/t14-/m1/s1. The van der Waals surface area contributed by atoms with E-state index in [0.29, 0.717) is 22.3 Å². The first kappa shape index (κ1) is 20.2. The molecule has 0 amide bonds. The number of rotatable bonds is 7. The van der Waals surface area contributed by atoms with E-state index in [1.807, 2.05) is 18.2 Å². The van der Waals surface area contributed by atoms with Gasteiger partial charge in [0, 0.05) is 11.7 Å². The lowest BCUT2D eigenvalue weighted by Gasteiger charge is -2.17. The number of esters is 1. The highest BCUT2D eigenvalue weighted by molar-refractivity contribution is 7.80. The monoisotopic (exact) mass is 390 g/mol. The second-order valence-corrected chi connectivity index (χ2v) is 6.75. The van der Waals surface area contributed by atoms with Crippen molar-refractivity contribution in [2.75, 3.05) is 11.9 Å². The Morgan fingerprint density at radius 1 is 1.23 bits per heavy atom. The molecule has 0 saturated carbocycles. The Bertz CT molecular complexity index is 753. The fraction of sp³-hybridized carbons (Fsp3) is 0.300. The zero-order valence-electron chi connectivity index (χ0n) is 14.9. The minimum absolute atomic E-state index is 0.226. The van der Waals surface area contributed by atoms with E-state index >= 15 is 0 Å². The molecule has 0 spiro atoms. The Labute approximate surface area is 164 Å². The zero-order chi connectivity index (χ0) is 18.9. The highest BCUT2D eigenvalue weighted by Gasteiger charge is 2.12. The summed E-state index contributed by atoms with van der Waals surface area (Å²) >= 11 is 11.5. The molecule has 4 nitrogen and oxygen atoms in total. The van der Waals surface area contributed by atoms with Crippen molar-refractivity contribution in [2.24, 2.45) is 0 Å². The van der Waals surface area contributed by atoms with Crippen LogP contribution in [-0.2, 0) is 11.2 Å². The summed E-state index contributed by atoms with van der Waals surface area (Å²) in [4.78, 5) is 11.8. The van der Waals surface area contributed by atoms with Gasteiger partial charge in [0.2, 0.25) is 0 Å². The number of halogens is 1. The second kappa shape index (κ2) is 10.1. The first-order valence-corrected chi connectivity index (χ1v) is 9.36. The number of aryl methyl sites for hydroxylation is 1. The molecule has 6 heteroatoms. The third kappa shape index (κ3) is 6.32. The van der Waals surface area contributed by atoms with Gasteiger partial charge in [-0.05, 0) is 62.7 Å². The highest BCUT2D eigenvalue weighted by Crippen LogP contribution is 2.22. The highest BCUT2D eigenvalue weighted by atomic mass is 35.5. The summed E-state index contributed by atoms with van der Waals surface area (Å²) in [6, 6.07) is 15.6. The van der Waals surface area contributed by atoms with Crippen LogP contribution in [0.15, 0.2) is 48.5 Å². The molecule has 1 atom stereocenters. The molecule has 0 saturated heterocycles. The number of carbonyl (C=O) groups excluding carboxylic acids is 1. The normalized spacial score (nSPS) is 11.5. The third-order valence-electron chi connectivity index (χ3n) is 3.81. The molecule has 0 heterocycles. The van der Waals surface area contributed by atoms with Gasteiger partial charge in [-0.3, -0.25) is 0 Å². The summed E-state index contributed by atoms with van der Waals surface area (Å²) in [6.07, 6.45) is 1.95. The van der Waals surface area contributed by atoms with Gasteiger partial charge < -0.3 is 15.4 Å². The molecule has 0 aliphatic heterocycles. The second-order valence-electron chi connectivity index (χ2n) is 5.94. The van der Waals surface area contributed by atoms with E-state index in [1.165, 1.54) is 5.56 Å². The smallest absolute Gasteiger partial charge is 0.339 e. The predicted octanol–water partition coefficient (Wildman–Crippen LogP) is 4.82. The number of ether oxygens (including phenoxy) is 1. The number of nitrogens with one attached hydrogen (secondary N) is 2. The first-order valence-electron chi connectivity index (χ1n) is 8.57. The van der Waals surface area contributed by atoms with E-state index < -0.39 is 5.97 Å². The van der Waals surface area contributed by atoms with Gasteiger partial charge in [0.15, 0.2) is 5.11 Å². The van der Waals surface area contributed by atoms with Gasteiger partial charge >= 0.3 is 5.97 Å². The van der Waals surface area contributed by atoms with E-state index in [4.69, 9.17) is 28.6 Å². The number of hydrogen-bond acceptors (Lipinski definition) is 3. The van der Waals surface area contributed by atoms with Crippen molar-refractivity contribution < 1.29 is 9.53 Å². The van der Waals surface area contributed by atoms with Crippen molar-refractivity contribution >= 4 is 40.6 Å². The van der Waals surface area contributed by atoms with E-state index in [2.05, 4.69) is 29.7 Å². The van der Waals surface area contributed by atoms with Crippen LogP contribution in [0.1, 0.15) is 36.2 Å². The molecular formula is C20H23ClN2O2S. The number of carbonyl (C=O) groups is 1. The number of anilines is 1. The van der Waals surface area contributed by atoms with E-state index in [9.17, 15) is 4.79 Å². The summed E-state index contributed by atoms with van der Waals surface area (Å²) < 4.78 is 4.96. The largest absolute Gasteiger partial charge is 0.462 e. The number of benzene rings is 2. The maximum Gasteiger partial charge on any atom is 0.339 e. The van der Waals surface area contributed by atoms with E-state index in [1.54, 1.807) is 25.1 Å². The molecule has 0 radical (unpaired) electrons. The van der Waals surface area contributed by atoms with Crippen LogP contribution < -0.4 is 10.6 Å². The van der Waals surface area contributed by atoms with Gasteiger partial charge in [0.1, 0.15) is 0 Å². The predicted molar refractivity (Wildman–Crippen MR) is 111 cm³/mol. The SMILES string of the molecule is CCOC(=O)c1ccc(NC(=S)N[C@H](C)CCc2ccccc2)cc1Cl. The number of thiocarbonyl (C=S) groups is 1. The minimum Gasteiger partial charge on any atom is -0.462 e. The summed E-state index contributed by atoms with van der Waals surface area (Å²) in [5.41, 5.74) is 2.37. The van der Waals surface area contributed by atoms with Crippen LogP contribution in [0.5, 0.6) is 0 Å². The van der Waals surface area contributed by atoms with Gasteiger partial charge in [0.05, 0.1) is 17.2 Å². The van der Waals surface area contributed by atoms with Crippen molar-refractivity contribution in [1.82, 2.24) is 5.32 Å². The molecule has 0 unspecified atom stereocenters. The molecule has 0 aromatic heterocycles. The lowest BCUT2D eigenvalue weighted by Crippen LogP contribution is -2.36. The fourth-order valence-corrected chi connectivity index (χ4v) is 3.03. The first-order chi connectivity index (χ1) is 12.5. The summed E-state index contributed by atoms with van der Waals surface area (Å²) in [7, 11) is 0. The van der Waals surface area contributed by atoms with Crippen LogP contribution in [0.3, 0.4) is 0 Å². The van der Waals surface area contributed by atoms with Crippen LogP contribution >= 0.6 is 23.8 Å². The van der Waals surface area contributed by atoms with Gasteiger partial charge in [-0.1, -0.05) is 41.9 Å². The fourth-order valence-electron chi connectivity index (χ4n) is 2.46. The van der Waals surface area contributed by atoms with E-state index in [0.717, 1.165) is 18.5 Å². The van der Waals surface area contributed by atoms with E-state index in [-0.39, 0.29) is 6.04 Å². The molecule has 2 rings (SSSR count). The van der Waals surface area contributed by atoms with Gasteiger partial charge in [-0.15, -0.1) is 0 Å².